The van der Waals surface area contributed by atoms with Crippen LogP contribution in [0.1, 0.15) is 45.2 Å². The summed E-state index contributed by atoms with van der Waals surface area (Å²) in [6.45, 7) is 9.63. The summed E-state index contributed by atoms with van der Waals surface area (Å²) in [7, 11) is 2.04. The molecule has 0 saturated carbocycles. The zero-order valence-electron chi connectivity index (χ0n) is 13.9. The molecule has 0 aromatic heterocycles. The fraction of sp³-hybridized carbons (Fsp3) is 0.667. The molecule has 0 spiro atoms. The monoisotopic (exact) mass is 290 g/mol. The van der Waals surface area contributed by atoms with E-state index in [4.69, 9.17) is 0 Å². The van der Waals surface area contributed by atoms with Crippen molar-refractivity contribution in [2.45, 2.75) is 45.3 Å². The van der Waals surface area contributed by atoms with Crippen LogP contribution >= 0.6 is 0 Å². The van der Waals surface area contributed by atoms with Gasteiger partial charge in [-0.15, -0.1) is 0 Å². The zero-order valence-corrected chi connectivity index (χ0v) is 13.9. The SMILES string of the molecule is CNC(c1ccccc1)C(C)(C)CN1CCC(C)(O)CC1. The molecule has 3 nitrogen and oxygen atoms in total. The average Bonchev–Trinajstić information content (AvgIpc) is 2.43. The lowest BCUT2D eigenvalue weighted by Crippen LogP contribution is -2.48. The molecule has 0 amide bonds. The van der Waals surface area contributed by atoms with Crippen molar-refractivity contribution in [1.29, 1.82) is 0 Å². The highest BCUT2D eigenvalue weighted by molar-refractivity contribution is 5.21. The number of nitrogens with one attached hydrogen (secondary N) is 1. The van der Waals surface area contributed by atoms with Gasteiger partial charge < -0.3 is 15.3 Å². The summed E-state index contributed by atoms with van der Waals surface area (Å²) >= 11 is 0. The number of hydrogen-bond acceptors (Lipinski definition) is 3. The fourth-order valence-electron chi connectivity index (χ4n) is 3.51. The standard InChI is InChI=1S/C18H30N2O/c1-17(2,14-20-12-10-18(3,21)11-13-20)16(19-4)15-8-6-5-7-9-15/h5-9,16,19,21H,10-14H2,1-4H3. The largest absolute Gasteiger partial charge is 0.390 e. The van der Waals surface area contributed by atoms with Gasteiger partial charge in [-0.05, 0) is 37.8 Å². The summed E-state index contributed by atoms with van der Waals surface area (Å²) in [4.78, 5) is 2.49. The normalized spacial score (nSPS) is 21.2. The van der Waals surface area contributed by atoms with E-state index >= 15 is 0 Å². The summed E-state index contributed by atoms with van der Waals surface area (Å²) in [5.41, 5.74) is 1.01. The van der Waals surface area contributed by atoms with E-state index in [-0.39, 0.29) is 5.41 Å². The second-order valence-electron chi connectivity index (χ2n) is 7.39. The van der Waals surface area contributed by atoms with E-state index < -0.39 is 5.60 Å². The Kier molecular flexibility index (Phi) is 5.07. The topological polar surface area (TPSA) is 35.5 Å². The Morgan fingerprint density at radius 2 is 1.81 bits per heavy atom. The number of benzene rings is 1. The second kappa shape index (κ2) is 6.47. The summed E-state index contributed by atoms with van der Waals surface area (Å²) in [5.74, 6) is 0. The quantitative estimate of drug-likeness (QED) is 0.875. The van der Waals surface area contributed by atoms with Crippen molar-refractivity contribution in [3.63, 3.8) is 0 Å². The van der Waals surface area contributed by atoms with E-state index in [1.807, 2.05) is 14.0 Å². The third-order valence-electron chi connectivity index (χ3n) is 4.77. The van der Waals surface area contributed by atoms with Crippen molar-refractivity contribution in [2.24, 2.45) is 5.41 Å². The van der Waals surface area contributed by atoms with Crippen molar-refractivity contribution >= 4 is 0 Å². The molecule has 3 heteroatoms. The highest BCUT2D eigenvalue weighted by Gasteiger charge is 2.34. The fourth-order valence-corrected chi connectivity index (χ4v) is 3.51. The average molecular weight is 290 g/mol. The third-order valence-corrected chi connectivity index (χ3v) is 4.77. The molecule has 1 unspecified atom stereocenters. The molecule has 1 aliphatic rings. The number of piperidine rings is 1. The highest BCUT2D eigenvalue weighted by Crippen LogP contribution is 2.35. The minimum atomic E-state index is -0.470. The predicted octanol–water partition coefficient (Wildman–Crippen LogP) is 2.82. The van der Waals surface area contributed by atoms with Crippen LogP contribution in [0.25, 0.3) is 0 Å². The molecule has 1 atom stereocenters. The van der Waals surface area contributed by atoms with Gasteiger partial charge in [-0.1, -0.05) is 44.2 Å². The van der Waals surface area contributed by atoms with Crippen molar-refractivity contribution < 1.29 is 5.11 Å². The van der Waals surface area contributed by atoms with Gasteiger partial charge in [0.25, 0.3) is 0 Å². The van der Waals surface area contributed by atoms with E-state index in [2.05, 4.69) is 54.4 Å². The van der Waals surface area contributed by atoms with Crippen molar-refractivity contribution in [3.8, 4) is 0 Å². The summed E-state index contributed by atoms with van der Waals surface area (Å²) in [6.07, 6.45) is 1.75. The van der Waals surface area contributed by atoms with Gasteiger partial charge in [0, 0.05) is 25.7 Å². The second-order valence-corrected chi connectivity index (χ2v) is 7.39. The van der Waals surface area contributed by atoms with E-state index in [0.717, 1.165) is 32.5 Å². The lowest BCUT2D eigenvalue weighted by molar-refractivity contribution is -0.0162. The lowest BCUT2D eigenvalue weighted by atomic mass is 9.79. The molecule has 0 bridgehead atoms. The Balaban J connectivity index is 2.03. The van der Waals surface area contributed by atoms with Crippen LogP contribution in [-0.2, 0) is 0 Å². The Morgan fingerprint density at radius 3 is 2.33 bits per heavy atom. The van der Waals surface area contributed by atoms with Gasteiger partial charge in [0.15, 0.2) is 0 Å². The van der Waals surface area contributed by atoms with Gasteiger partial charge in [-0.2, -0.15) is 0 Å². The van der Waals surface area contributed by atoms with E-state index in [0.29, 0.717) is 6.04 Å². The summed E-state index contributed by atoms with van der Waals surface area (Å²) < 4.78 is 0. The Hall–Kier alpha value is -0.900. The van der Waals surface area contributed by atoms with E-state index in [1.165, 1.54) is 5.56 Å². The van der Waals surface area contributed by atoms with Crippen LogP contribution in [0.3, 0.4) is 0 Å². The molecule has 2 N–H and O–H groups in total. The van der Waals surface area contributed by atoms with Gasteiger partial charge in [0.2, 0.25) is 0 Å². The highest BCUT2D eigenvalue weighted by atomic mass is 16.3. The smallest absolute Gasteiger partial charge is 0.0644 e. The Bertz CT molecular complexity index is 432. The van der Waals surface area contributed by atoms with Gasteiger partial charge >= 0.3 is 0 Å². The maximum Gasteiger partial charge on any atom is 0.0644 e. The number of rotatable bonds is 5. The van der Waals surface area contributed by atoms with Crippen LogP contribution in [0.15, 0.2) is 30.3 Å². The van der Waals surface area contributed by atoms with Gasteiger partial charge in [0.1, 0.15) is 0 Å². The molecule has 1 aromatic carbocycles. The van der Waals surface area contributed by atoms with Gasteiger partial charge in [0.05, 0.1) is 5.60 Å². The molecule has 1 aromatic rings. The van der Waals surface area contributed by atoms with Crippen LogP contribution in [-0.4, -0.2) is 42.3 Å². The molecule has 0 aliphatic carbocycles. The van der Waals surface area contributed by atoms with Crippen LogP contribution in [0, 0.1) is 5.41 Å². The molecule has 1 fully saturated rings. The molecule has 0 radical (unpaired) electrons. The molecule has 2 rings (SSSR count). The summed E-state index contributed by atoms with van der Waals surface area (Å²) in [6, 6.07) is 11.0. The molecule has 1 saturated heterocycles. The van der Waals surface area contributed by atoms with Crippen LogP contribution < -0.4 is 5.32 Å². The number of aliphatic hydroxyl groups is 1. The first-order valence-electron chi connectivity index (χ1n) is 8.01. The van der Waals surface area contributed by atoms with E-state index in [9.17, 15) is 5.11 Å². The van der Waals surface area contributed by atoms with Crippen molar-refractivity contribution in [3.05, 3.63) is 35.9 Å². The first-order chi connectivity index (χ1) is 9.84. The molecule has 118 valence electrons. The molecule has 1 aliphatic heterocycles. The molecule has 1 heterocycles. The van der Waals surface area contributed by atoms with Crippen LogP contribution in [0.4, 0.5) is 0 Å². The first-order valence-corrected chi connectivity index (χ1v) is 8.01. The van der Waals surface area contributed by atoms with Crippen molar-refractivity contribution in [2.75, 3.05) is 26.7 Å². The van der Waals surface area contributed by atoms with Gasteiger partial charge in [-0.3, -0.25) is 0 Å². The molecular formula is C18H30N2O. The van der Waals surface area contributed by atoms with Crippen LogP contribution in [0.5, 0.6) is 0 Å². The zero-order chi connectivity index (χ0) is 15.5. The van der Waals surface area contributed by atoms with Crippen LogP contribution in [0.2, 0.25) is 0 Å². The lowest BCUT2D eigenvalue weighted by Gasteiger charge is -2.42. The minimum absolute atomic E-state index is 0.138. The minimum Gasteiger partial charge on any atom is -0.390 e. The Morgan fingerprint density at radius 1 is 1.24 bits per heavy atom. The Labute approximate surface area is 129 Å². The number of hydrogen-bond donors (Lipinski definition) is 2. The first kappa shape index (κ1) is 16.5. The predicted molar refractivity (Wildman–Crippen MR) is 88.3 cm³/mol. The van der Waals surface area contributed by atoms with E-state index in [1.54, 1.807) is 0 Å². The van der Waals surface area contributed by atoms with Crippen molar-refractivity contribution in [1.82, 2.24) is 10.2 Å². The van der Waals surface area contributed by atoms with Gasteiger partial charge in [-0.25, -0.2) is 0 Å². The summed E-state index contributed by atoms with van der Waals surface area (Å²) in [5, 5.41) is 13.6. The maximum atomic E-state index is 10.1. The maximum absolute atomic E-state index is 10.1. The number of likely N-dealkylation sites (tertiary alicyclic amines) is 1. The molecule has 21 heavy (non-hydrogen) atoms. The molecular weight excluding hydrogens is 260 g/mol. The number of nitrogens with zero attached hydrogens (tertiary/aromatic N) is 1. The third kappa shape index (κ3) is 4.29.